The number of amides is 2. The molecule has 0 spiro atoms. The van der Waals surface area contributed by atoms with Crippen molar-refractivity contribution in [1.29, 1.82) is 5.41 Å². The van der Waals surface area contributed by atoms with E-state index >= 15 is 0 Å². The molecule has 3 heterocycles. The highest BCUT2D eigenvalue weighted by Crippen LogP contribution is 2.38. The van der Waals surface area contributed by atoms with Gasteiger partial charge in [-0.25, -0.2) is 9.59 Å². The Morgan fingerprint density at radius 2 is 1.58 bits per heavy atom. The zero-order chi connectivity index (χ0) is 54.0. The van der Waals surface area contributed by atoms with Crippen molar-refractivity contribution < 1.29 is 72.5 Å². The van der Waals surface area contributed by atoms with E-state index in [9.17, 15) is 44.1 Å². The van der Waals surface area contributed by atoms with Gasteiger partial charge in [-0.15, -0.1) is 0 Å². The Bertz CT molecular complexity index is 1980. The van der Waals surface area contributed by atoms with Crippen LogP contribution in [-0.2, 0) is 52.4 Å². The summed E-state index contributed by atoms with van der Waals surface area (Å²) in [6.45, 7) is 12.7. The second kappa shape index (κ2) is 29.3. The van der Waals surface area contributed by atoms with Gasteiger partial charge in [0.25, 0.3) is 17.7 Å². The lowest BCUT2D eigenvalue weighted by Crippen LogP contribution is -2.61. The summed E-state index contributed by atoms with van der Waals surface area (Å²) in [5.41, 5.74) is 10.2. The second-order valence-electron chi connectivity index (χ2n) is 20.4. The van der Waals surface area contributed by atoms with Gasteiger partial charge in [-0.05, 0) is 107 Å². The molecule has 19 nitrogen and oxygen atoms in total. The van der Waals surface area contributed by atoms with Crippen LogP contribution in [0.15, 0.2) is 47.6 Å². The number of carbonyl (C=O) groups is 6. The molecule has 0 aromatic rings. The van der Waals surface area contributed by atoms with Gasteiger partial charge in [0.1, 0.15) is 30.1 Å². The number of nitrogens with one attached hydrogen (secondary N) is 1. The van der Waals surface area contributed by atoms with Crippen LogP contribution in [0.2, 0.25) is 0 Å². The third kappa shape index (κ3) is 17.8. The third-order valence-electron chi connectivity index (χ3n) is 14.7. The lowest BCUT2D eigenvalue weighted by molar-refractivity contribution is -0.265. The van der Waals surface area contributed by atoms with Crippen molar-refractivity contribution in [2.75, 3.05) is 27.9 Å². The van der Waals surface area contributed by atoms with Gasteiger partial charge in [0.2, 0.25) is 5.79 Å². The summed E-state index contributed by atoms with van der Waals surface area (Å²) in [5, 5.41) is 40.1. The Labute approximate surface area is 425 Å². The maximum absolute atomic E-state index is 14.4. The molecule has 2 bridgehead atoms. The number of fused-ring (bicyclic) bond motifs is 3. The van der Waals surface area contributed by atoms with Crippen molar-refractivity contribution in [2.24, 2.45) is 47.0 Å². The lowest BCUT2D eigenvalue weighted by atomic mass is 9.78. The van der Waals surface area contributed by atoms with E-state index in [-0.39, 0.29) is 54.8 Å². The summed E-state index contributed by atoms with van der Waals surface area (Å²) >= 11 is 0. The molecular formula is C53H84N4O15. The molecule has 1 saturated carbocycles. The van der Waals surface area contributed by atoms with Gasteiger partial charge in [-0.2, -0.15) is 0 Å². The third-order valence-corrected chi connectivity index (χ3v) is 14.7. The van der Waals surface area contributed by atoms with Gasteiger partial charge in [-0.3, -0.25) is 24.6 Å². The highest BCUT2D eigenvalue weighted by Gasteiger charge is 2.53. The van der Waals surface area contributed by atoms with E-state index in [1.165, 1.54) is 12.0 Å². The number of methoxy groups -OCH3 is 3. The first kappa shape index (κ1) is 61.7. The quantitative estimate of drug-likeness (QED) is 0.0659. The molecule has 4 rings (SSSR count). The Hall–Kier alpha value is -4.63. The van der Waals surface area contributed by atoms with E-state index in [2.05, 4.69) is 16.2 Å². The van der Waals surface area contributed by atoms with Crippen molar-refractivity contribution in [3.05, 3.63) is 47.6 Å². The number of amidine groups is 1. The zero-order valence-corrected chi connectivity index (χ0v) is 44.1. The van der Waals surface area contributed by atoms with E-state index in [1.807, 2.05) is 58.1 Å². The first-order valence-electron chi connectivity index (χ1n) is 25.4. The maximum atomic E-state index is 14.4. The monoisotopic (exact) mass is 1020 g/mol. The molecule has 406 valence electrons. The topological polar surface area (TPSA) is 298 Å². The van der Waals surface area contributed by atoms with Crippen LogP contribution in [0.25, 0.3) is 0 Å². The molecule has 8 N–H and O–H groups in total. The van der Waals surface area contributed by atoms with E-state index in [0.29, 0.717) is 63.4 Å². The first-order chi connectivity index (χ1) is 33.9. The zero-order valence-electron chi connectivity index (χ0n) is 44.1. The first-order valence-corrected chi connectivity index (χ1v) is 25.4. The number of aliphatic hydroxyl groups excluding tert-OH is 2. The number of cyclic esters (lactones) is 1. The predicted molar refractivity (Wildman–Crippen MR) is 268 cm³/mol. The number of ether oxygens (including phenoxy) is 6. The fourth-order valence-corrected chi connectivity index (χ4v) is 10.2. The molecule has 72 heavy (non-hydrogen) atoms. The van der Waals surface area contributed by atoms with Gasteiger partial charge >= 0.3 is 12.1 Å². The van der Waals surface area contributed by atoms with E-state index in [4.69, 9.17) is 29.1 Å². The number of hydrogen-bond donors (Lipinski definition) is 6. The van der Waals surface area contributed by atoms with Crippen LogP contribution in [-0.4, -0.2) is 144 Å². The van der Waals surface area contributed by atoms with Crippen molar-refractivity contribution >= 4 is 41.3 Å². The summed E-state index contributed by atoms with van der Waals surface area (Å²) in [5.74, 6) is -7.96. The maximum Gasteiger partial charge on any atom is 0.412 e. The number of primary amides is 1. The number of Topliss-reactive ketones (excluding diaryl/α,β-unsaturated/α-hetero) is 3. The molecule has 0 unspecified atom stereocenters. The smallest absolute Gasteiger partial charge is 0.412 e. The fraction of sp³-hybridized carbons (Fsp3) is 0.717. The lowest BCUT2D eigenvalue weighted by Gasteiger charge is -2.42. The number of rotatable bonds is 6. The molecular weight excluding hydrogens is 933 g/mol. The molecule has 0 aromatic heterocycles. The van der Waals surface area contributed by atoms with Crippen molar-refractivity contribution in [3.8, 4) is 0 Å². The molecule has 1 aliphatic carbocycles. The van der Waals surface area contributed by atoms with Gasteiger partial charge in [-0.1, -0.05) is 71.1 Å². The van der Waals surface area contributed by atoms with E-state index in [0.717, 1.165) is 12.0 Å². The SMILES string of the molecule is CO[C@H]1C[C@@H]2CC[C@@H](C)[C@@](O)(O2)C(=O)C(=O)N2CCCC[C@H]2C(=O)O[C@H]([C@H](C)C[C@@H]2CC[C@@H](O)[C@H](OC)C2)CC(=O)[C@H](C)/C=C(\C)[C@@H](O)[C@@H](OC)C(=O)[C@H](C)C[C@H](C)/C=C/C=CC=C1C.N=C(N)OC(N)=O. The minimum absolute atomic E-state index is 0.0193. The number of ketones is 3. The number of nitrogens with two attached hydrogens (primary N) is 2. The number of allylic oxidation sites excluding steroid dienone is 6. The normalized spacial score (nSPS) is 36.0. The Morgan fingerprint density at radius 3 is 2.19 bits per heavy atom. The number of esters is 1. The van der Waals surface area contributed by atoms with Crippen molar-refractivity contribution in [2.45, 2.75) is 180 Å². The number of hydrogen-bond acceptors (Lipinski definition) is 16. The van der Waals surface area contributed by atoms with Crippen molar-refractivity contribution in [1.82, 2.24) is 4.90 Å². The van der Waals surface area contributed by atoms with Gasteiger partial charge in [0, 0.05) is 58.5 Å². The Balaban J connectivity index is 0.00000181. The summed E-state index contributed by atoms with van der Waals surface area (Å²) < 4.78 is 33.1. The average Bonchev–Trinajstić information content (AvgIpc) is 3.33. The highest BCUT2D eigenvalue weighted by atomic mass is 16.6. The van der Waals surface area contributed by atoms with Crippen LogP contribution in [0.4, 0.5) is 4.79 Å². The standard InChI is InChI=1S/C51H79NO13.C2H5N3O2/c1-30-16-12-11-13-17-31(2)42(61-8)28-38-21-19-36(7)51(60,65-38)48(57)49(58)52-23-15-14-18-39(52)50(59)64-43(33(4)26-37-20-22-40(53)44(27-37)62-9)29-41(54)32(3)25-35(6)46(56)47(63-10)45(55)34(5)24-30;3-1(4)7-2(5)6/h11-13,16-17,25,30,32-34,36-40,42-44,46-47,53,56,60H,14-15,18-24,26-29H2,1-10H3;(H3,3,4)(H2,5,6)/b13-11?,16-12+,31-17?,35-25+;/t30-,32-,33-,34-,36-,37+,38+,39+,40-,42+,43+,44-,46-,47+,51-;/m1./s1. The van der Waals surface area contributed by atoms with Gasteiger partial charge in [0.15, 0.2) is 5.78 Å². The molecule has 15 atom stereocenters. The number of nitrogens with zero attached hydrogens (tertiary/aromatic N) is 1. The van der Waals surface area contributed by atoms with Gasteiger partial charge in [0.05, 0.1) is 24.4 Å². The fourth-order valence-electron chi connectivity index (χ4n) is 10.2. The Kier molecular flexibility index (Phi) is 25.1. The summed E-state index contributed by atoms with van der Waals surface area (Å²) in [7, 11) is 4.52. The largest absolute Gasteiger partial charge is 0.460 e. The molecule has 2 saturated heterocycles. The second-order valence-corrected chi connectivity index (χ2v) is 20.4. The average molecular weight is 1020 g/mol. The summed E-state index contributed by atoms with van der Waals surface area (Å²) in [6.07, 6.45) is 10.1. The van der Waals surface area contributed by atoms with E-state index < -0.39 is 96.0 Å². The summed E-state index contributed by atoms with van der Waals surface area (Å²) in [6, 6.07) is -1.83. The van der Waals surface area contributed by atoms with Crippen LogP contribution < -0.4 is 11.5 Å². The molecule has 3 fully saturated rings. The molecule has 4 aliphatic rings. The Morgan fingerprint density at radius 1 is 0.889 bits per heavy atom. The summed E-state index contributed by atoms with van der Waals surface area (Å²) in [4.78, 5) is 81.4. The predicted octanol–water partition coefficient (Wildman–Crippen LogP) is 5.16. The number of piperidine rings is 1. The van der Waals surface area contributed by atoms with Crippen LogP contribution in [0.5, 0.6) is 0 Å². The molecule has 0 radical (unpaired) electrons. The number of carbonyl (C=O) groups excluding carboxylic acids is 6. The molecule has 2 amide bonds. The number of aliphatic hydroxyl groups is 3. The van der Waals surface area contributed by atoms with Crippen LogP contribution in [0.1, 0.15) is 126 Å². The molecule has 0 aromatic carbocycles. The van der Waals surface area contributed by atoms with Crippen molar-refractivity contribution in [3.63, 3.8) is 0 Å². The van der Waals surface area contributed by atoms with E-state index in [1.54, 1.807) is 41.1 Å². The van der Waals surface area contributed by atoms with Gasteiger partial charge < -0.3 is 60.1 Å². The minimum Gasteiger partial charge on any atom is -0.460 e. The molecule has 19 heteroatoms. The minimum atomic E-state index is -2.43. The van der Waals surface area contributed by atoms with Crippen LogP contribution >= 0.6 is 0 Å². The van der Waals surface area contributed by atoms with Crippen LogP contribution in [0.3, 0.4) is 0 Å². The highest BCUT2D eigenvalue weighted by molar-refractivity contribution is 6.39. The molecule has 3 aliphatic heterocycles. The van der Waals surface area contributed by atoms with Crippen LogP contribution in [0, 0.1) is 40.9 Å².